The van der Waals surface area contributed by atoms with Crippen LogP contribution in [0.2, 0.25) is 0 Å². The molecule has 2 N–H and O–H groups in total. The third-order valence-electron chi connectivity index (χ3n) is 6.46. The number of rotatable bonds is 10. The lowest BCUT2D eigenvalue weighted by atomic mass is 10.0. The highest BCUT2D eigenvalue weighted by molar-refractivity contribution is 5.89. The van der Waals surface area contributed by atoms with Gasteiger partial charge in [-0.1, -0.05) is 84.9 Å². The molecule has 0 atom stereocenters. The van der Waals surface area contributed by atoms with Crippen LogP contribution in [0.5, 0.6) is 5.75 Å². The van der Waals surface area contributed by atoms with Gasteiger partial charge < -0.3 is 25.0 Å². The molecule has 41 heavy (non-hydrogen) atoms. The summed E-state index contributed by atoms with van der Waals surface area (Å²) in [6, 6.07) is 34.3. The van der Waals surface area contributed by atoms with Crippen LogP contribution >= 0.6 is 0 Å². The van der Waals surface area contributed by atoms with Gasteiger partial charge in [0.15, 0.2) is 6.73 Å². The Kier molecular flexibility index (Phi) is 9.09. The number of para-hydroxylation sites is 1. The van der Waals surface area contributed by atoms with Crippen molar-refractivity contribution in [3.63, 3.8) is 0 Å². The number of allylic oxidation sites excluding steroid dienone is 2. The van der Waals surface area contributed by atoms with Gasteiger partial charge in [-0.3, -0.25) is 0 Å². The molecule has 0 bridgehead atoms. The number of benzene rings is 4. The summed E-state index contributed by atoms with van der Waals surface area (Å²) in [6.07, 6.45) is 5.67. The summed E-state index contributed by atoms with van der Waals surface area (Å²) in [4.78, 5) is 26.6. The summed E-state index contributed by atoms with van der Waals surface area (Å²) in [5.41, 5.74) is 5.32. The molecule has 1 aliphatic heterocycles. The van der Waals surface area contributed by atoms with Gasteiger partial charge in [0.25, 0.3) is 0 Å². The molecule has 0 radical (unpaired) electrons. The molecule has 7 heteroatoms. The van der Waals surface area contributed by atoms with E-state index < -0.39 is 0 Å². The van der Waals surface area contributed by atoms with Gasteiger partial charge in [-0.2, -0.15) is 0 Å². The van der Waals surface area contributed by atoms with Crippen molar-refractivity contribution < 1.29 is 19.1 Å². The van der Waals surface area contributed by atoms with Crippen molar-refractivity contribution in [3.8, 4) is 16.9 Å². The molecule has 0 fully saturated rings. The Morgan fingerprint density at radius 3 is 2.29 bits per heavy atom. The number of hydrogen-bond donors (Lipinski definition) is 2. The van der Waals surface area contributed by atoms with E-state index in [1.807, 2.05) is 96.0 Å². The smallest absolute Gasteiger partial charge is 0.339 e. The average molecular weight is 546 g/mol. The lowest BCUT2D eigenvalue weighted by molar-refractivity contribution is 0.0324. The molecule has 7 nitrogen and oxygen atoms in total. The minimum Gasteiger partial charge on any atom is -0.488 e. The molecular formula is C34H31N3O4. The van der Waals surface area contributed by atoms with E-state index in [2.05, 4.69) is 22.8 Å². The lowest BCUT2D eigenvalue weighted by Crippen LogP contribution is -2.34. The van der Waals surface area contributed by atoms with Gasteiger partial charge in [0.1, 0.15) is 12.4 Å². The van der Waals surface area contributed by atoms with E-state index in [0.717, 1.165) is 28.0 Å². The van der Waals surface area contributed by atoms with Crippen molar-refractivity contribution >= 4 is 17.7 Å². The number of carbonyl (C=O) groups excluding carboxylic acids is 2. The SMILES string of the molecule is O=C(NCC1=CC=CN(COC(=O)c2ccccc2)C1)Nc1ccc(COc2ccccc2-c2ccccc2)cc1. The number of carbonyl (C=O) groups is 2. The van der Waals surface area contributed by atoms with Crippen molar-refractivity contribution in [3.05, 3.63) is 144 Å². The minimum atomic E-state index is -0.373. The zero-order chi connectivity index (χ0) is 28.3. The van der Waals surface area contributed by atoms with Gasteiger partial charge in [-0.25, -0.2) is 9.59 Å². The van der Waals surface area contributed by atoms with Gasteiger partial charge >= 0.3 is 12.0 Å². The van der Waals surface area contributed by atoms with Gasteiger partial charge in [-0.05, 0) is 53.1 Å². The second-order valence-corrected chi connectivity index (χ2v) is 9.50. The molecule has 0 saturated carbocycles. The summed E-state index contributed by atoms with van der Waals surface area (Å²) in [7, 11) is 0. The predicted molar refractivity (Wildman–Crippen MR) is 160 cm³/mol. The number of amides is 2. The van der Waals surface area contributed by atoms with E-state index in [4.69, 9.17) is 9.47 Å². The highest BCUT2D eigenvalue weighted by Gasteiger charge is 2.13. The van der Waals surface area contributed by atoms with Crippen LogP contribution in [0.4, 0.5) is 10.5 Å². The maximum atomic E-state index is 12.5. The molecule has 206 valence electrons. The van der Waals surface area contributed by atoms with Crippen molar-refractivity contribution in [1.29, 1.82) is 0 Å². The van der Waals surface area contributed by atoms with Crippen LogP contribution in [0.3, 0.4) is 0 Å². The standard InChI is InChI=1S/C34H31N3O4/c38-33(29-13-5-2-6-14-29)41-25-37-21-9-10-27(23-37)22-35-34(39)36-30-19-17-26(18-20-30)24-40-32-16-8-7-15-31(32)28-11-3-1-4-12-28/h1-21H,22-25H2,(H2,35,36,39). The number of nitrogens with one attached hydrogen (secondary N) is 2. The number of ether oxygens (including phenoxy) is 2. The monoisotopic (exact) mass is 545 g/mol. The van der Waals surface area contributed by atoms with E-state index in [1.54, 1.807) is 24.3 Å². The molecule has 0 saturated heterocycles. The Balaban J connectivity index is 1.05. The summed E-state index contributed by atoms with van der Waals surface area (Å²) in [6.45, 7) is 1.45. The van der Waals surface area contributed by atoms with E-state index in [9.17, 15) is 9.59 Å². The third-order valence-corrected chi connectivity index (χ3v) is 6.46. The number of nitrogens with zero attached hydrogens (tertiary/aromatic N) is 1. The van der Waals surface area contributed by atoms with Crippen LogP contribution in [0.1, 0.15) is 15.9 Å². The molecule has 0 aromatic heterocycles. The molecule has 0 unspecified atom stereocenters. The predicted octanol–water partition coefficient (Wildman–Crippen LogP) is 6.62. The third kappa shape index (κ3) is 7.86. The van der Waals surface area contributed by atoms with Crippen molar-refractivity contribution in [1.82, 2.24) is 10.2 Å². The lowest BCUT2D eigenvalue weighted by Gasteiger charge is -2.24. The first-order chi connectivity index (χ1) is 20.1. The topological polar surface area (TPSA) is 79.9 Å². The molecule has 4 aromatic rings. The summed E-state index contributed by atoms with van der Waals surface area (Å²) < 4.78 is 11.5. The first-order valence-corrected chi connectivity index (χ1v) is 13.4. The molecule has 0 spiro atoms. The van der Waals surface area contributed by atoms with Gasteiger partial charge in [-0.15, -0.1) is 0 Å². The Bertz CT molecular complexity index is 1520. The van der Waals surface area contributed by atoms with Crippen LogP contribution in [0.25, 0.3) is 11.1 Å². The van der Waals surface area contributed by atoms with Crippen molar-refractivity contribution in [2.24, 2.45) is 0 Å². The largest absolute Gasteiger partial charge is 0.488 e. The molecule has 1 heterocycles. The highest BCUT2D eigenvalue weighted by atomic mass is 16.5. The van der Waals surface area contributed by atoms with Crippen LogP contribution in [-0.2, 0) is 11.3 Å². The highest BCUT2D eigenvalue weighted by Crippen LogP contribution is 2.30. The Morgan fingerprint density at radius 2 is 1.51 bits per heavy atom. The quantitative estimate of drug-likeness (QED) is 0.219. The zero-order valence-electron chi connectivity index (χ0n) is 22.5. The maximum absolute atomic E-state index is 12.5. The Hall–Kier alpha value is -5.30. The number of esters is 1. The van der Waals surface area contributed by atoms with Crippen molar-refractivity contribution in [2.45, 2.75) is 6.61 Å². The van der Waals surface area contributed by atoms with Gasteiger partial charge in [0.2, 0.25) is 0 Å². The Morgan fingerprint density at radius 1 is 0.805 bits per heavy atom. The molecule has 2 amide bonds. The number of urea groups is 1. The van der Waals surface area contributed by atoms with E-state index in [0.29, 0.717) is 30.9 Å². The maximum Gasteiger partial charge on any atom is 0.339 e. The minimum absolute atomic E-state index is 0.127. The average Bonchev–Trinajstić information content (AvgIpc) is 3.03. The molecular weight excluding hydrogens is 514 g/mol. The fourth-order valence-electron chi connectivity index (χ4n) is 4.33. The first-order valence-electron chi connectivity index (χ1n) is 13.4. The van der Waals surface area contributed by atoms with Gasteiger partial charge in [0, 0.05) is 30.5 Å². The van der Waals surface area contributed by atoms with Crippen molar-refractivity contribution in [2.75, 3.05) is 25.1 Å². The van der Waals surface area contributed by atoms with Crippen LogP contribution < -0.4 is 15.4 Å². The van der Waals surface area contributed by atoms with Crippen LogP contribution in [-0.4, -0.2) is 36.7 Å². The second kappa shape index (κ2) is 13.7. The Labute approximate surface area is 239 Å². The number of hydrogen-bond acceptors (Lipinski definition) is 5. The summed E-state index contributed by atoms with van der Waals surface area (Å²) in [5, 5.41) is 5.75. The molecule has 5 rings (SSSR count). The number of anilines is 1. The zero-order valence-corrected chi connectivity index (χ0v) is 22.5. The summed E-state index contributed by atoms with van der Waals surface area (Å²) >= 11 is 0. The fraction of sp³-hybridized carbons (Fsp3) is 0.118. The molecule has 1 aliphatic rings. The second-order valence-electron chi connectivity index (χ2n) is 9.50. The van der Waals surface area contributed by atoms with Crippen LogP contribution in [0.15, 0.2) is 133 Å². The first kappa shape index (κ1) is 27.3. The molecule has 4 aromatic carbocycles. The normalized spacial score (nSPS) is 12.3. The summed E-state index contributed by atoms with van der Waals surface area (Å²) in [5.74, 6) is 0.447. The molecule has 0 aliphatic carbocycles. The van der Waals surface area contributed by atoms with E-state index in [-0.39, 0.29) is 18.7 Å². The van der Waals surface area contributed by atoms with Gasteiger partial charge in [0.05, 0.1) is 5.56 Å². The van der Waals surface area contributed by atoms with Crippen LogP contribution in [0, 0.1) is 0 Å². The van der Waals surface area contributed by atoms with E-state index >= 15 is 0 Å². The fourth-order valence-corrected chi connectivity index (χ4v) is 4.33. The van der Waals surface area contributed by atoms with E-state index in [1.165, 1.54) is 0 Å².